The van der Waals surface area contributed by atoms with Crippen molar-refractivity contribution in [2.45, 2.75) is 24.7 Å². The third-order valence-electron chi connectivity index (χ3n) is 4.95. The van der Waals surface area contributed by atoms with Crippen molar-refractivity contribution >= 4 is 11.9 Å². The fourth-order valence-corrected chi connectivity index (χ4v) is 3.63. The van der Waals surface area contributed by atoms with Gasteiger partial charge in [0.15, 0.2) is 0 Å². The number of aliphatic carboxylic acids is 1. The van der Waals surface area contributed by atoms with Crippen molar-refractivity contribution in [2.75, 3.05) is 0 Å². The zero-order chi connectivity index (χ0) is 26.6. The molecule has 3 rings (SSSR count). The van der Waals surface area contributed by atoms with E-state index in [4.69, 9.17) is 0 Å². The Kier molecular flexibility index (Phi) is 7.46. The summed E-state index contributed by atoms with van der Waals surface area (Å²) in [4.78, 5) is 23.8. The predicted molar refractivity (Wildman–Crippen MR) is 113 cm³/mol. The average Bonchev–Trinajstić information content (AvgIpc) is 2.77. The standard InChI is InChI=1S/C24H17F6NO5/c25-23(26,27)35-18-10-4-8-16(12-18)22(31-20(32)21(33)34,14-15-6-2-1-3-7-15)17-9-5-11-19(13-17)36-24(28,29)30/h1-13H,14H2,(H,31,32)(H,33,34). The summed E-state index contributed by atoms with van der Waals surface area (Å²) in [6, 6.07) is 16.8. The third-order valence-corrected chi connectivity index (χ3v) is 4.95. The minimum absolute atomic E-state index is 0.0909. The van der Waals surface area contributed by atoms with Crippen LogP contribution in [-0.2, 0) is 21.5 Å². The van der Waals surface area contributed by atoms with Crippen LogP contribution in [-0.4, -0.2) is 29.7 Å². The van der Waals surface area contributed by atoms with Crippen LogP contribution >= 0.6 is 0 Å². The summed E-state index contributed by atoms with van der Waals surface area (Å²) in [6.45, 7) is 0. The van der Waals surface area contributed by atoms with Crippen LogP contribution in [0.4, 0.5) is 26.3 Å². The van der Waals surface area contributed by atoms with Crippen LogP contribution < -0.4 is 14.8 Å². The van der Waals surface area contributed by atoms with Gasteiger partial charge in [-0.3, -0.25) is 4.79 Å². The van der Waals surface area contributed by atoms with Gasteiger partial charge < -0.3 is 19.9 Å². The van der Waals surface area contributed by atoms with Crippen molar-refractivity contribution in [3.8, 4) is 11.5 Å². The Balaban J connectivity index is 2.27. The number of hydrogen-bond acceptors (Lipinski definition) is 4. The van der Waals surface area contributed by atoms with Gasteiger partial charge in [-0.15, -0.1) is 26.3 Å². The average molecular weight is 513 g/mol. The number of nitrogens with one attached hydrogen (secondary N) is 1. The zero-order valence-corrected chi connectivity index (χ0v) is 18.1. The maximum atomic E-state index is 12.9. The molecular weight excluding hydrogens is 496 g/mol. The van der Waals surface area contributed by atoms with Crippen molar-refractivity contribution in [1.82, 2.24) is 5.32 Å². The number of carboxylic acid groups (broad SMARTS) is 1. The first-order chi connectivity index (χ1) is 16.8. The first-order valence-electron chi connectivity index (χ1n) is 10.1. The van der Waals surface area contributed by atoms with E-state index in [0.717, 1.165) is 24.3 Å². The first-order valence-corrected chi connectivity index (χ1v) is 10.1. The number of carboxylic acids is 1. The summed E-state index contributed by atoms with van der Waals surface area (Å²) < 4.78 is 85.2. The lowest BCUT2D eigenvalue weighted by atomic mass is 9.77. The second-order valence-corrected chi connectivity index (χ2v) is 7.48. The molecule has 1 amide bonds. The van der Waals surface area contributed by atoms with Gasteiger partial charge >= 0.3 is 24.6 Å². The van der Waals surface area contributed by atoms with Gasteiger partial charge in [0, 0.05) is 6.42 Å². The largest absolute Gasteiger partial charge is 0.573 e. The smallest absolute Gasteiger partial charge is 0.474 e. The van der Waals surface area contributed by atoms with Crippen LogP contribution in [0, 0.1) is 0 Å². The van der Waals surface area contributed by atoms with Crippen molar-refractivity contribution in [3.63, 3.8) is 0 Å². The fraction of sp³-hybridized carbons (Fsp3) is 0.167. The molecule has 0 unspecified atom stereocenters. The molecule has 6 nitrogen and oxygen atoms in total. The van der Waals surface area contributed by atoms with Crippen molar-refractivity contribution in [2.24, 2.45) is 0 Å². The molecule has 190 valence electrons. The van der Waals surface area contributed by atoms with Gasteiger partial charge in [-0.2, -0.15) is 0 Å². The summed E-state index contributed by atoms with van der Waals surface area (Å²) in [5.41, 5.74) is -1.65. The van der Waals surface area contributed by atoms with E-state index in [1.165, 1.54) is 24.3 Å². The van der Waals surface area contributed by atoms with E-state index in [-0.39, 0.29) is 17.5 Å². The van der Waals surface area contributed by atoms with E-state index in [2.05, 4.69) is 14.8 Å². The minimum Gasteiger partial charge on any atom is -0.474 e. The van der Waals surface area contributed by atoms with Crippen LogP contribution in [0.5, 0.6) is 11.5 Å². The summed E-state index contributed by atoms with van der Waals surface area (Å²) in [5, 5.41) is 11.5. The number of rotatable bonds is 7. The number of benzene rings is 3. The number of carbonyl (C=O) groups excluding carboxylic acids is 1. The highest BCUT2D eigenvalue weighted by atomic mass is 19.4. The highest BCUT2D eigenvalue weighted by molar-refractivity contribution is 6.31. The normalized spacial score (nSPS) is 12.1. The molecule has 3 aromatic carbocycles. The van der Waals surface area contributed by atoms with Gasteiger partial charge in [0.2, 0.25) is 0 Å². The number of halogens is 6. The van der Waals surface area contributed by atoms with Gasteiger partial charge in [0.1, 0.15) is 11.5 Å². The molecule has 0 aliphatic carbocycles. The van der Waals surface area contributed by atoms with Crippen LogP contribution in [0.2, 0.25) is 0 Å². The highest BCUT2D eigenvalue weighted by Gasteiger charge is 2.40. The lowest BCUT2D eigenvalue weighted by Crippen LogP contribution is -2.50. The molecular formula is C24H17F6NO5. The number of carbonyl (C=O) groups is 2. The first kappa shape index (κ1) is 26.4. The molecule has 0 radical (unpaired) electrons. The van der Waals surface area contributed by atoms with E-state index >= 15 is 0 Å². The number of hydrogen-bond donors (Lipinski definition) is 2. The minimum atomic E-state index is -5.06. The van der Waals surface area contributed by atoms with E-state index in [1.54, 1.807) is 30.3 Å². The lowest BCUT2D eigenvalue weighted by Gasteiger charge is -2.36. The second-order valence-electron chi connectivity index (χ2n) is 7.48. The molecule has 0 aliphatic rings. The van der Waals surface area contributed by atoms with E-state index in [9.17, 15) is 41.0 Å². The molecule has 2 N–H and O–H groups in total. The highest BCUT2D eigenvalue weighted by Crippen LogP contribution is 2.38. The summed E-state index contributed by atoms with van der Waals surface area (Å²) in [5.74, 6) is -4.84. The summed E-state index contributed by atoms with van der Waals surface area (Å²) >= 11 is 0. The predicted octanol–water partition coefficient (Wildman–Crippen LogP) is 5.17. The maximum absolute atomic E-state index is 12.9. The molecule has 36 heavy (non-hydrogen) atoms. The molecule has 0 saturated heterocycles. The molecule has 12 heteroatoms. The van der Waals surface area contributed by atoms with Crippen molar-refractivity contribution in [1.29, 1.82) is 0 Å². The van der Waals surface area contributed by atoms with Gasteiger partial charge in [-0.05, 0) is 41.0 Å². The Morgan fingerprint density at radius 1 is 0.722 bits per heavy atom. The lowest BCUT2D eigenvalue weighted by molar-refractivity contribution is -0.275. The molecule has 0 heterocycles. The molecule has 0 bridgehead atoms. The fourth-order valence-electron chi connectivity index (χ4n) is 3.63. The van der Waals surface area contributed by atoms with E-state index < -0.39 is 41.6 Å². The van der Waals surface area contributed by atoms with E-state index in [0.29, 0.717) is 5.56 Å². The molecule has 0 spiro atoms. The topological polar surface area (TPSA) is 84.9 Å². The van der Waals surface area contributed by atoms with Gasteiger partial charge in [0.05, 0.1) is 5.54 Å². The third kappa shape index (κ3) is 6.90. The maximum Gasteiger partial charge on any atom is 0.573 e. The summed E-state index contributed by atoms with van der Waals surface area (Å²) in [7, 11) is 0. The second kappa shape index (κ2) is 10.2. The number of ether oxygens (including phenoxy) is 2. The molecule has 0 saturated carbocycles. The van der Waals surface area contributed by atoms with Crippen LogP contribution in [0.3, 0.4) is 0 Å². The Morgan fingerprint density at radius 3 is 1.61 bits per heavy atom. The number of alkyl halides is 6. The van der Waals surface area contributed by atoms with Gasteiger partial charge in [-0.25, -0.2) is 4.79 Å². The van der Waals surface area contributed by atoms with Gasteiger partial charge in [0.25, 0.3) is 0 Å². The SMILES string of the molecule is O=C(O)C(=O)NC(Cc1ccccc1)(c1cccc(OC(F)(F)F)c1)c1cccc(OC(F)(F)F)c1. The molecule has 0 aliphatic heterocycles. The van der Waals surface area contributed by atoms with Crippen LogP contribution in [0.15, 0.2) is 78.9 Å². The molecule has 3 aromatic rings. The van der Waals surface area contributed by atoms with Crippen molar-refractivity contribution in [3.05, 3.63) is 95.6 Å². The van der Waals surface area contributed by atoms with Crippen LogP contribution in [0.25, 0.3) is 0 Å². The Morgan fingerprint density at radius 2 is 1.19 bits per heavy atom. The zero-order valence-electron chi connectivity index (χ0n) is 18.1. The van der Waals surface area contributed by atoms with Crippen molar-refractivity contribution < 1.29 is 50.5 Å². The molecule has 0 fully saturated rings. The Labute approximate surface area is 200 Å². The molecule has 0 aromatic heterocycles. The Hall–Kier alpha value is -4.22. The Bertz CT molecular complexity index is 1170. The summed E-state index contributed by atoms with van der Waals surface area (Å²) in [6.07, 6.45) is -10.4. The quantitative estimate of drug-likeness (QED) is 0.337. The van der Waals surface area contributed by atoms with E-state index in [1.807, 2.05) is 0 Å². The molecule has 0 atom stereocenters. The van der Waals surface area contributed by atoms with Gasteiger partial charge in [-0.1, -0.05) is 54.6 Å². The number of amides is 1. The van der Waals surface area contributed by atoms with Crippen LogP contribution in [0.1, 0.15) is 16.7 Å². The monoisotopic (exact) mass is 513 g/mol.